The van der Waals surface area contributed by atoms with E-state index in [0.717, 1.165) is 0 Å². The fraction of sp³-hybridized carbons (Fsp3) is 0. The number of rotatable bonds is 0. The van der Waals surface area contributed by atoms with Crippen LogP contribution in [0.1, 0.15) is 0 Å². The van der Waals surface area contributed by atoms with Crippen molar-refractivity contribution in [2.24, 2.45) is 0 Å². The fourth-order valence-corrected chi connectivity index (χ4v) is 1.19. The van der Waals surface area contributed by atoms with Gasteiger partial charge in [-0.1, -0.05) is 0 Å². The largest absolute Gasteiger partial charge is 0.369 e. The van der Waals surface area contributed by atoms with Gasteiger partial charge in [0, 0.05) is 0 Å². The molecule has 0 saturated heterocycles. The van der Waals surface area contributed by atoms with Crippen LogP contribution < -0.4 is 5.73 Å². The second kappa shape index (κ2) is 2.16. The molecule has 0 aromatic carbocycles. The maximum absolute atomic E-state index is 5.40. The van der Waals surface area contributed by atoms with E-state index in [0.29, 0.717) is 21.7 Å². The van der Waals surface area contributed by atoms with Crippen molar-refractivity contribution in [3.63, 3.8) is 0 Å². The topological polar surface area (TPSA) is 80.5 Å². The minimum atomic E-state index is 0.348. The number of H-pyrrole nitrogens is 1. The van der Waals surface area contributed by atoms with Crippen LogP contribution in [-0.4, -0.2) is 19.9 Å². The molecule has 0 bridgehead atoms. The Kier molecular flexibility index (Phi) is 1.28. The molecule has 3 N–H and O–H groups in total. The number of anilines is 1. The normalized spacial score (nSPS) is 10.6. The van der Waals surface area contributed by atoms with Gasteiger partial charge in [-0.15, -0.1) is 0 Å². The first-order chi connectivity index (χ1) is 5.27. The zero-order valence-corrected chi connectivity index (χ0v) is 6.96. The Morgan fingerprint density at radius 2 is 2.27 bits per heavy atom. The van der Waals surface area contributed by atoms with E-state index in [-0.39, 0.29) is 0 Å². The van der Waals surface area contributed by atoms with Crippen LogP contribution in [0.3, 0.4) is 0 Å². The van der Waals surface area contributed by atoms with Gasteiger partial charge in [0.15, 0.2) is 11.6 Å². The van der Waals surface area contributed by atoms with Crippen molar-refractivity contribution < 1.29 is 0 Å². The summed E-state index contributed by atoms with van der Waals surface area (Å²) in [4.78, 5) is 14.6. The SMILES string of the molecule is Nc1nc2c(Br)ncnc2[nH]1. The third-order valence-electron chi connectivity index (χ3n) is 1.26. The van der Waals surface area contributed by atoms with Gasteiger partial charge in [-0.2, -0.15) is 0 Å². The van der Waals surface area contributed by atoms with E-state index in [1.54, 1.807) is 0 Å². The summed E-state index contributed by atoms with van der Waals surface area (Å²) in [6, 6.07) is 0. The van der Waals surface area contributed by atoms with Gasteiger partial charge < -0.3 is 10.7 Å². The van der Waals surface area contributed by atoms with E-state index >= 15 is 0 Å². The van der Waals surface area contributed by atoms with Gasteiger partial charge in [0.25, 0.3) is 0 Å². The Bertz CT molecular complexity index is 395. The number of halogens is 1. The molecule has 0 spiro atoms. The Balaban J connectivity index is 2.90. The minimum Gasteiger partial charge on any atom is -0.369 e. The van der Waals surface area contributed by atoms with E-state index < -0.39 is 0 Å². The molecule has 56 valence electrons. The number of hydrogen-bond donors (Lipinski definition) is 2. The summed E-state index contributed by atoms with van der Waals surface area (Å²) in [5.74, 6) is 0.348. The average molecular weight is 214 g/mol. The van der Waals surface area contributed by atoms with Crippen LogP contribution in [-0.2, 0) is 0 Å². The van der Waals surface area contributed by atoms with Crippen molar-refractivity contribution >= 4 is 33.0 Å². The van der Waals surface area contributed by atoms with Crippen molar-refractivity contribution in [2.45, 2.75) is 0 Å². The summed E-state index contributed by atoms with van der Waals surface area (Å²) in [7, 11) is 0. The first kappa shape index (κ1) is 6.53. The average Bonchev–Trinajstić information content (AvgIpc) is 2.31. The maximum Gasteiger partial charge on any atom is 0.199 e. The van der Waals surface area contributed by atoms with Crippen LogP contribution in [0.5, 0.6) is 0 Å². The van der Waals surface area contributed by atoms with E-state index in [1.165, 1.54) is 6.33 Å². The number of aromatic amines is 1. The van der Waals surface area contributed by atoms with Gasteiger partial charge in [-0.25, -0.2) is 15.0 Å². The standard InChI is InChI=1S/C5H4BrN5/c6-3-2-4(9-1-8-3)11-5(7)10-2/h1H,(H3,7,8,9,10,11). The second-order valence-corrected chi connectivity index (χ2v) is 2.73. The summed E-state index contributed by atoms with van der Waals surface area (Å²) in [6.45, 7) is 0. The van der Waals surface area contributed by atoms with Gasteiger partial charge in [0.05, 0.1) is 0 Å². The van der Waals surface area contributed by atoms with Gasteiger partial charge in [-0.05, 0) is 15.9 Å². The lowest BCUT2D eigenvalue weighted by atomic mass is 10.6. The van der Waals surface area contributed by atoms with Gasteiger partial charge >= 0.3 is 0 Å². The number of nitrogens with two attached hydrogens (primary N) is 1. The smallest absolute Gasteiger partial charge is 0.199 e. The van der Waals surface area contributed by atoms with E-state index in [9.17, 15) is 0 Å². The Morgan fingerprint density at radius 1 is 1.45 bits per heavy atom. The molecule has 2 aromatic rings. The monoisotopic (exact) mass is 213 g/mol. The van der Waals surface area contributed by atoms with Crippen molar-refractivity contribution in [3.8, 4) is 0 Å². The number of nitrogens with one attached hydrogen (secondary N) is 1. The summed E-state index contributed by atoms with van der Waals surface area (Å²) >= 11 is 3.22. The predicted molar refractivity (Wildman–Crippen MR) is 43.8 cm³/mol. The number of fused-ring (bicyclic) bond motifs is 1. The minimum absolute atomic E-state index is 0.348. The molecular formula is C5H4BrN5. The summed E-state index contributed by atoms with van der Waals surface area (Å²) in [5.41, 5.74) is 6.70. The highest BCUT2D eigenvalue weighted by atomic mass is 79.9. The highest BCUT2D eigenvalue weighted by Gasteiger charge is 2.04. The molecule has 0 amide bonds. The van der Waals surface area contributed by atoms with Crippen molar-refractivity contribution in [1.29, 1.82) is 0 Å². The molecule has 0 radical (unpaired) electrons. The second-order valence-electron chi connectivity index (χ2n) is 1.98. The van der Waals surface area contributed by atoms with Crippen LogP contribution in [0.25, 0.3) is 11.2 Å². The molecule has 2 rings (SSSR count). The molecule has 0 aliphatic heterocycles. The van der Waals surface area contributed by atoms with Gasteiger partial charge in [0.1, 0.15) is 16.4 Å². The van der Waals surface area contributed by atoms with Gasteiger partial charge in [0.2, 0.25) is 0 Å². The van der Waals surface area contributed by atoms with E-state index in [1.807, 2.05) is 0 Å². The zero-order valence-electron chi connectivity index (χ0n) is 5.37. The molecular weight excluding hydrogens is 210 g/mol. The van der Waals surface area contributed by atoms with Crippen LogP contribution in [0.4, 0.5) is 5.95 Å². The van der Waals surface area contributed by atoms with Crippen LogP contribution in [0, 0.1) is 0 Å². The molecule has 6 heteroatoms. The Hall–Kier alpha value is -1.17. The van der Waals surface area contributed by atoms with Crippen LogP contribution in [0.15, 0.2) is 10.9 Å². The molecule has 11 heavy (non-hydrogen) atoms. The van der Waals surface area contributed by atoms with Crippen LogP contribution in [0.2, 0.25) is 0 Å². The van der Waals surface area contributed by atoms with Crippen molar-refractivity contribution in [1.82, 2.24) is 19.9 Å². The Labute approximate surface area is 70.2 Å². The zero-order chi connectivity index (χ0) is 7.84. The molecule has 5 nitrogen and oxygen atoms in total. The molecule has 0 atom stereocenters. The summed E-state index contributed by atoms with van der Waals surface area (Å²) in [6.07, 6.45) is 1.43. The molecule has 0 unspecified atom stereocenters. The molecule has 0 aliphatic carbocycles. The molecule has 2 aromatic heterocycles. The third kappa shape index (κ3) is 0.949. The van der Waals surface area contributed by atoms with Crippen molar-refractivity contribution in [3.05, 3.63) is 10.9 Å². The van der Waals surface area contributed by atoms with Crippen LogP contribution >= 0.6 is 15.9 Å². The highest BCUT2D eigenvalue weighted by molar-refractivity contribution is 9.10. The number of imidazole rings is 1. The Morgan fingerprint density at radius 3 is 3.00 bits per heavy atom. The van der Waals surface area contributed by atoms with Crippen molar-refractivity contribution in [2.75, 3.05) is 5.73 Å². The maximum atomic E-state index is 5.40. The van der Waals surface area contributed by atoms with E-state index in [2.05, 4.69) is 35.9 Å². The lowest BCUT2D eigenvalue weighted by Crippen LogP contribution is -1.84. The summed E-state index contributed by atoms with van der Waals surface area (Å²) < 4.78 is 0.649. The lowest BCUT2D eigenvalue weighted by molar-refractivity contribution is 1.17. The predicted octanol–water partition coefficient (Wildman–Crippen LogP) is 0.698. The first-order valence-electron chi connectivity index (χ1n) is 2.89. The highest BCUT2D eigenvalue weighted by Crippen LogP contribution is 2.17. The number of hydrogen-bond acceptors (Lipinski definition) is 4. The molecule has 2 heterocycles. The third-order valence-corrected chi connectivity index (χ3v) is 1.84. The number of nitrogens with zero attached hydrogens (tertiary/aromatic N) is 3. The number of aromatic nitrogens is 4. The fourth-order valence-electron chi connectivity index (χ4n) is 0.818. The van der Waals surface area contributed by atoms with Gasteiger partial charge in [-0.3, -0.25) is 0 Å². The summed E-state index contributed by atoms with van der Waals surface area (Å²) in [5, 5.41) is 0. The molecule has 0 fully saturated rings. The van der Waals surface area contributed by atoms with E-state index in [4.69, 9.17) is 5.73 Å². The number of nitrogen functional groups attached to an aromatic ring is 1. The lowest BCUT2D eigenvalue weighted by Gasteiger charge is -1.86. The first-order valence-corrected chi connectivity index (χ1v) is 3.68. The molecule has 0 saturated carbocycles. The molecule has 0 aliphatic rings. The quantitative estimate of drug-likeness (QED) is 0.632.